The van der Waals surface area contributed by atoms with Gasteiger partial charge < -0.3 is 10.4 Å². The van der Waals surface area contributed by atoms with Gasteiger partial charge in [0.25, 0.3) is 5.91 Å². The average molecular weight is 269 g/mol. The number of amides is 1. The van der Waals surface area contributed by atoms with Gasteiger partial charge in [-0.15, -0.1) is 0 Å². The summed E-state index contributed by atoms with van der Waals surface area (Å²) in [6, 6.07) is 14.1. The van der Waals surface area contributed by atoms with E-state index in [1.165, 1.54) is 17.7 Å². The van der Waals surface area contributed by atoms with Gasteiger partial charge in [-0.2, -0.15) is 0 Å². The highest BCUT2D eigenvalue weighted by atomic mass is 16.3. The van der Waals surface area contributed by atoms with Crippen LogP contribution in [-0.2, 0) is 5.41 Å². The Morgan fingerprint density at radius 3 is 2.25 bits per heavy atom. The van der Waals surface area contributed by atoms with Gasteiger partial charge in [0, 0.05) is 11.3 Å². The lowest BCUT2D eigenvalue weighted by atomic mass is 9.87. The molecule has 2 aromatic rings. The molecule has 0 aliphatic rings. The van der Waals surface area contributed by atoms with Crippen LogP contribution < -0.4 is 5.32 Å². The molecular weight excluding hydrogens is 250 g/mol. The Bertz CT molecular complexity index is 610. The summed E-state index contributed by atoms with van der Waals surface area (Å²) >= 11 is 0. The fraction of sp³-hybridized carbons (Fsp3) is 0.235. The lowest BCUT2D eigenvalue weighted by Gasteiger charge is -2.19. The Morgan fingerprint density at radius 1 is 1.05 bits per heavy atom. The van der Waals surface area contributed by atoms with E-state index >= 15 is 0 Å². The number of carbonyl (C=O) groups is 1. The van der Waals surface area contributed by atoms with Crippen LogP contribution in [0.3, 0.4) is 0 Å². The van der Waals surface area contributed by atoms with E-state index in [0.717, 1.165) is 5.69 Å². The number of phenolic OH excluding ortho intramolecular Hbond substituents is 1. The minimum absolute atomic E-state index is 0.0840. The molecule has 0 aliphatic heterocycles. The summed E-state index contributed by atoms with van der Waals surface area (Å²) < 4.78 is 0. The molecule has 0 spiro atoms. The molecule has 20 heavy (non-hydrogen) atoms. The minimum Gasteiger partial charge on any atom is -0.508 e. The van der Waals surface area contributed by atoms with Crippen LogP contribution in [-0.4, -0.2) is 11.0 Å². The highest BCUT2D eigenvalue weighted by Crippen LogP contribution is 2.23. The summed E-state index contributed by atoms with van der Waals surface area (Å²) in [6.45, 7) is 6.44. The fourth-order valence-electron chi connectivity index (χ4n) is 1.90. The van der Waals surface area contributed by atoms with Crippen LogP contribution in [0.5, 0.6) is 5.75 Å². The van der Waals surface area contributed by atoms with Gasteiger partial charge in [-0.25, -0.2) is 0 Å². The molecule has 0 aliphatic carbocycles. The molecule has 2 N–H and O–H groups in total. The SMILES string of the molecule is CC(C)(C)c1ccc(NC(=O)c2cccc(O)c2)cc1. The van der Waals surface area contributed by atoms with Crippen molar-refractivity contribution in [3.63, 3.8) is 0 Å². The van der Waals surface area contributed by atoms with E-state index in [4.69, 9.17) is 0 Å². The number of hydrogen-bond donors (Lipinski definition) is 2. The zero-order valence-electron chi connectivity index (χ0n) is 12.0. The number of anilines is 1. The number of phenols is 1. The number of benzene rings is 2. The van der Waals surface area contributed by atoms with E-state index in [2.05, 4.69) is 26.1 Å². The zero-order valence-corrected chi connectivity index (χ0v) is 12.0. The van der Waals surface area contributed by atoms with Gasteiger partial charge in [0.05, 0.1) is 0 Å². The molecule has 0 radical (unpaired) electrons. The van der Waals surface area contributed by atoms with Gasteiger partial charge in [-0.3, -0.25) is 4.79 Å². The smallest absolute Gasteiger partial charge is 0.255 e. The lowest BCUT2D eigenvalue weighted by molar-refractivity contribution is 0.102. The monoisotopic (exact) mass is 269 g/mol. The van der Waals surface area contributed by atoms with E-state index in [1.807, 2.05) is 24.3 Å². The second-order valence-electron chi connectivity index (χ2n) is 5.83. The average Bonchev–Trinajstić information content (AvgIpc) is 2.38. The quantitative estimate of drug-likeness (QED) is 0.867. The van der Waals surface area contributed by atoms with Crippen LogP contribution in [0.4, 0.5) is 5.69 Å². The summed E-state index contributed by atoms with van der Waals surface area (Å²) in [6.07, 6.45) is 0. The Hall–Kier alpha value is -2.29. The number of nitrogens with one attached hydrogen (secondary N) is 1. The van der Waals surface area contributed by atoms with Crippen molar-refractivity contribution in [3.05, 3.63) is 59.7 Å². The van der Waals surface area contributed by atoms with Crippen LogP contribution in [0.15, 0.2) is 48.5 Å². The third-order valence-corrected chi connectivity index (χ3v) is 3.12. The number of carbonyl (C=O) groups excluding carboxylic acids is 1. The standard InChI is InChI=1S/C17H19NO2/c1-17(2,3)13-7-9-14(10-8-13)18-16(20)12-5-4-6-15(19)11-12/h4-11,19H,1-3H3,(H,18,20). The molecule has 0 saturated carbocycles. The first-order chi connectivity index (χ1) is 9.36. The van der Waals surface area contributed by atoms with Crippen molar-refractivity contribution in [1.29, 1.82) is 0 Å². The Balaban J connectivity index is 2.12. The number of hydrogen-bond acceptors (Lipinski definition) is 2. The van der Waals surface area contributed by atoms with Gasteiger partial charge in [-0.05, 0) is 41.3 Å². The van der Waals surface area contributed by atoms with Crippen molar-refractivity contribution in [2.75, 3.05) is 5.32 Å². The number of aromatic hydroxyl groups is 1. The van der Waals surface area contributed by atoms with Crippen LogP contribution in [0.1, 0.15) is 36.7 Å². The molecule has 2 rings (SSSR count). The van der Waals surface area contributed by atoms with Gasteiger partial charge in [0.15, 0.2) is 0 Å². The first-order valence-corrected chi connectivity index (χ1v) is 6.57. The molecule has 2 aromatic carbocycles. The van der Waals surface area contributed by atoms with E-state index in [-0.39, 0.29) is 17.1 Å². The molecule has 0 atom stereocenters. The van der Waals surface area contributed by atoms with E-state index in [9.17, 15) is 9.90 Å². The van der Waals surface area contributed by atoms with Crippen molar-refractivity contribution in [3.8, 4) is 5.75 Å². The van der Waals surface area contributed by atoms with Crippen LogP contribution in [0, 0.1) is 0 Å². The Labute approximate surface area is 119 Å². The van der Waals surface area contributed by atoms with Crippen molar-refractivity contribution >= 4 is 11.6 Å². The first-order valence-electron chi connectivity index (χ1n) is 6.57. The van der Waals surface area contributed by atoms with E-state index < -0.39 is 0 Å². The molecule has 0 saturated heterocycles. The summed E-state index contributed by atoms with van der Waals surface area (Å²) in [4.78, 5) is 12.0. The van der Waals surface area contributed by atoms with Crippen molar-refractivity contribution < 1.29 is 9.90 Å². The largest absolute Gasteiger partial charge is 0.508 e. The maximum Gasteiger partial charge on any atom is 0.255 e. The minimum atomic E-state index is -0.232. The van der Waals surface area contributed by atoms with Crippen LogP contribution in [0.25, 0.3) is 0 Å². The Kier molecular flexibility index (Phi) is 3.79. The highest BCUT2D eigenvalue weighted by molar-refractivity contribution is 6.04. The normalized spacial score (nSPS) is 11.2. The van der Waals surface area contributed by atoms with E-state index in [0.29, 0.717) is 5.56 Å². The molecule has 1 amide bonds. The molecule has 0 aromatic heterocycles. The molecular formula is C17H19NO2. The summed E-state index contributed by atoms with van der Waals surface area (Å²) in [7, 11) is 0. The van der Waals surface area contributed by atoms with Gasteiger partial charge >= 0.3 is 0 Å². The highest BCUT2D eigenvalue weighted by Gasteiger charge is 2.13. The second-order valence-corrected chi connectivity index (χ2v) is 5.83. The molecule has 0 heterocycles. The summed E-state index contributed by atoms with van der Waals surface area (Å²) in [5, 5.41) is 12.2. The topological polar surface area (TPSA) is 49.3 Å². The predicted octanol–water partition coefficient (Wildman–Crippen LogP) is 3.94. The third kappa shape index (κ3) is 3.38. The zero-order chi connectivity index (χ0) is 14.8. The predicted molar refractivity (Wildman–Crippen MR) is 81.2 cm³/mol. The fourth-order valence-corrected chi connectivity index (χ4v) is 1.90. The summed E-state index contributed by atoms with van der Waals surface area (Å²) in [5.41, 5.74) is 2.48. The Morgan fingerprint density at radius 2 is 1.70 bits per heavy atom. The van der Waals surface area contributed by atoms with Gasteiger partial charge in [-0.1, -0.05) is 39.0 Å². The number of rotatable bonds is 2. The lowest BCUT2D eigenvalue weighted by Crippen LogP contribution is -2.13. The maximum absolute atomic E-state index is 12.0. The molecule has 0 unspecified atom stereocenters. The second kappa shape index (κ2) is 5.37. The molecule has 0 bridgehead atoms. The molecule has 104 valence electrons. The molecule has 3 nitrogen and oxygen atoms in total. The first kappa shape index (κ1) is 14.1. The summed E-state index contributed by atoms with van der Waals surface area (Å²) in [5.74, 6) is -0.148. The van der Waals surface area contributed by atoms with Crippen molar-refractivity contribution in [2.45, 2.75) is 26.2 Å². The van der Waals surface area contributed by atoms with Crippen LogP contribution >= 0.6 is 0 Å². The van der Waals surface area contributed by atoms with Crippen molar-refractivity contribution in [1.82, 2.24) is 0 Å². The molecule has 0 fully saturated rings. The van der Waals surface area contributed by atoms with Gasteiger partial charge in [0.1, 0.15) is 5.75 Å². The molecule has 3 heteroatoms. The van der Waals surface area contributed by atoms with E-state index in [1.54, 1.807) is 12.1 Å². The van der Waals surface area contributed by atoms with Crippen molar-refractivity contribution in [2.24, 2.45) is 0 Å². The van der Waals surface area contributed by atoms with Crippen LogP contribution in [0.2, 0.25) is 0 Å². The third-order valence-electron chi connectivity index (χ3n) is 3.12. The van der Waals surface area contributed by atoms with Gasteiger partial charge in [0.2, 0.25) is 0 Å². The maximum atomic E-state index is 12.0.